The minimum atomic E-state index is -0.397. The lowest BCUT2D eigenvalue weighted by molar-refractivity contribution is -0.195. The van der Waals surface area contributed by atoms with Gasteiger partial charge in [-0.1, -0.05) is 6.92 Å². The van der Waals surface area contributed by atoms with Gasteiger partial charge in [-0.25, -0.2) is 4.79 Å². The fraction of sp³-hybridized carbons (Fsp3) is 0.900. The molecule has 1 fully saturated rings. The van der Waals surface area contributed by atoms with Gasteiger partial charge in [0, 0.05) is 13.1 Å². The van der Waals surface area contributed by atoms with E-state index in [4.69, 9.17) is 4.84 Å². The van der Waals surface area contributed by atoms with E-state index in [0.717, 1.165) is 19.5 Å². The average molecular weight is 185 g/mol. The summed E-state index contributed by atoms with van der Waals surface area (Å²) in [6.07, 6.45) is 1.12. The van der Waals surface area contributed by atoms with Crippen LogP contribution in [0, 0.1) is 11.3 Å². The van der Waals surface area contributed by atoms with Crippen LogP contribution in [-0.4, -0.2) is 24.1 Å². The minimum absolute atomic E-state index is 0.137. The zero-order valence-corrected chi connectivity index (χ0v) is 8.96. The first kappa shape index (κ1) is 10.5. The van der Waals surface area contributed by atoms with Crippen molar-refractivity contribution in [3.63, 3.8) is 0 Å². The average Bonchev–Trinajstić information content (AvgIpc) is 2.33. The Kier molecular flexibility index (Phi) is 2.96. The van der Waals surface area contributed by atoms with Crippen molar-refractivity contribution in [2.75, 3.05) is 13.1 Å². The van der Waals surface area contributed by atoms with Gasteiger partial charge in [0.05, 0.1) is 5.41 Å². The highest BCUT2D eigenvalue weighted by molar-refractivity contribution is 5.75. The van der Waals surface area contributed by atoms with Crippen molar-refractivity contribution < 1.29 is 9.63 Å². The molecule has 1 unspecified atom stereocenters. The molecule has 13 heavy (non-hydrogen) atoms. The minimum Gasteiger partial charge on any atom is -0.367 e. The second kappa shape index (κ2) is 3.66. The molecular weight excluding hydrogens is 166 g/mol. The van der Waals surface area contributed by atoms with E-state index < -0.39 is 5.41 Å². The Balaban J connectivity index is 2.37. The Morgan fingerprint density at radius 3 is 2.46 bits per heavy atom. The SMILES string of the molecule is CC1CCN(OC(=O)C(C)(C)C)C1. The summed E-state index contributed by atoms with van der Waals surface area (Å²) in [6, 6.07) is 0. The van der Waals surface area contributed by atoms with Gasteiger partial charge < -0.3 is 4.84 Å². The number of hydrogen-bond acceptors (Lipinski definition) is 3. The van der Waals surface area contributed by atoms with Crippen molar-refractivity contribution in [1.29, 1.82) is 0 Å². The predicted molar refractivity (Wildman–Crippen MR) is 50.9 cm³/mol. The fourth-order valence-corrected chi connectivity index (χ4v) is 1.23. The molecule has 76 valence electrons. The quantitative estimate of drug-likeness (QED) is 0.624. The molecule has 0 aromatic heterocycles. The molecule has 0 radical (unpaired) electrons. The first-order valence-electron chi connectivity index (χ1n) is 4.87. The lowest BCUT2D eigenvalue weighted by atomic mass is 9.98. The predicted octanol–water partition coefficient (Wildman–Crippen LogP) is 1.83. The maximum Gasteiger partial charge on any atom is 0.330 e. The van der Waals surface area contributed by atoms with Gasteiger partial charge in [0.1, 0.15) is 0 Å². The molecule has 0 saturated carbocycles. The van der Waals surface area contributed by atoms with Gasteiger partial charge in [0.15, 0.2) is 0 Å². The molecule has 0 amide bonds. The number of carbonyl (C=O) groups is 1. The summed E-state index contributed by atoms with van der Waals surface area (Å²) in [4.78, 5) is 16.7. The fourth-order valence-electron chi connectivity index (χ4n) is 1.23. The van der Waals surface area contributed by atoms with Crippen molar-refractivity contribution in [3.05, 3.63) is 0 Å². The van der Waals surface area contributed by atoms with Crippen LogP contribution in [0.25, 0.3) is 0 Å². The smallest absolute Gasteiger partial charge is 0.330 e. The summed E-state index contributed by atoms with van der Waals surface area (Å²) in [6.45, 7) is 9.54. The van der Waals surface area contributed by atoms with Crippen LogP contribution in [0.1, 0.15) is 34.1 Å². The molecule has 3 nitrogen and oxygen atoms in total. The van der Waals surface area contributed by atoms with E-state index in [1.54, 1.807) is 5.06 Å². The summed E-state index contributed by atoms with van der Waals surface area (Å²) >= 11 is 0. The molecule has 1 aliphatic rings. The van der Waals surface area contributed by atoms with E-state index in [-0.39, 0.29) is 5.97 Å². The van der Waals surface area contributed by atoms with E-state index in [2.05, 4.69) is 6.92 Å². The Labute approximate surface area is 80.0 Å². The van der Waals surface area contributed by atoms with Crippen molar-refractivity contribution in [2.45, 2.75) is 34.1 Å². The van der Waals surface area contributed by atoms with E-state index in [1.165, 1.54) is 0 Å². The van der Waals surface area contributed by atoms with Crippen LogP contribution in [0.5, 0.6) is 0 Å². The van der Waals surface area contributed by atoms with Crippen molar-refractivity contribution in [2.24, 2.45) is 11.3 Å². The normalized spacial score (nSPS) is 24.8. The third-order valence-electron chi connectivity index (χ3n) is 2.21. The molecule has 1 rings (SSSR count). The Hall–Kier alpha value is -0.570. The third-order valence-corrected chi connectivity index (χ3v) is 2.21. The van der Waals surface area contributed by atoms with Crippen molar-refractivity contribution >= 4 is 5.97 Å². The van der Waals surface area contributed by atoms with Crippen LogP contribution >= 0.6 is 0 Å². The molecule has 1 saturated heterocycles. The summed E-state index contributed by atoms with van der Waals surface area (Å²) < 4.78 is 0. The van der Waals surface area contributed by atoms with E-state index >= 15 is 0 Å². The van der Waals surface area contributed by atoms with E-state index in [1.807, 2.05) is 20.8 Å². The number of nitrogens with zero attached hydrogens (tertiary/aromatic N) is 1. The highest BCUT2D eigenvalue weighted by Gasteiger charge is 2.28. The Morgan fingerprint density at radius 2 is 2.08 bits per heavy atom. The number of hydroxylamine groups is 2. The first-order valence-corrected chi connectivity index (χ1v) is 4.87. The van der Waals surface area contributed by atoms with Gasteiger partial charge in [-0.15, -0.1) is 5.06 Å². The van der Waals surface area contributed by atoms with E-state index in [0.29, 0.717) is 5.92 Å². The molecule has 1 atom stereocenters. The van der Waals surface area contributed by atoms with Crippen molar-refractivity contribution in [1.82, 2.24) is 5.06 Å². The number of carbonyl (C=O) groups excluding carboxylic acids is 1. The molecule has 0 aromatic carbocycles. The zero-order valence-electron chi connectivity index (χ0n) is 8.96. The Bertz CT molecular complexity index is 196. The standard InChI is InChI=1S/C10H19NO2/c1-8-5-6-11(7-8)13-9(12)10(2,3)4/h8H,5-7H2,1-4H3. The van der Waals surface area contributed by atoms with Gasteiger partial charge in [0.2, 0.25) is 0 Å². The second-order valence-corrected chi connectivity index (χ2v) is 4.91. The van der Waals surface area contributed by atoms with E-state index in [9.17, 15) is 4.79 Å². The van der Waals surface area contributed by atoms with Gasteiger partial charge in [-0.05, 0) is 33.1 Å². The maximum atomic E-state index is 11.5. The molecule has 0 aliphatic carbocycles. The molecule has 1 heterocycles. The van der Waals surface area contributed by atoms with Crippen LogP contribution in [-0.2, 0) is 9.63 Å². The molecule has 0 aromatic rings. The summed E-state index contributed by atoms with van der Waals surface area (Å²) in [5, 5.41) is 1.78. The van der Waals surface area contributed by atoms with Gasteiger partial charge in [-0.2, -0.15) is 0 Å². The number of rotatable bonds is 1. The van der Waals surface area contributed by atoms with Crippen molar-refractivity contribution in [3.8, 4) is 0 Å². The van der Waals surface area contributed by atoms with Crippen LogP contribution in [0.2, 0.25) is 0 Å². The van der Waals surface area contributed by atoms with Crippen LogP contribution in [0.4, 0.5) is 0 Å². The van der Waals surface area contributed by atoms with Crippen LogP contribution in [0.15, 0.2) is 0 Å². The summed E-state index contributed by atoms with van der Waals surface area (Å²) in [7, 11) is 0. The summed E-state index contributed by atoms with van der Waals surface area (Å²) in [5.74, 6) is 0.509. The second-order valence-electron chi connectivity index (χ2n) is 4.91. The molecular formula is C10H19NO2. The summed E-state index contributed by atoms with van der Waals surface area (Å²) in [5.41, 5.74) is -0.397. The monoisotopic (exact) mass is 185 g/mol. The molecule has 1 aliphatic heterocycles. The lowest BCUT2D eigenvalue weighted by Gasteiger charge is -2.21. The maximum absolute atomic E-state index is 11.5. The third kappa shape index (κ3) is 2.99. The van der Waals surface area contributed by atoms with Crippen LogP contribution in [0.3, 0.4) is 0 Å². The zero-order chi connectivity index (χ0) is 10.1. The lowest BCUT2D eigenvalue weighted by Crippen LogP contribution is -2.32. The largest absolute Gasteiger partial charge is 0.367 e. The van der Waals surface area contributed by atoms with Gasteiger partial charge in [-0.3, -0.25) is 0 Å². The molecule has 3 heteroatoms. The molecule has 0 N–H and O–H groups in total. The number of hydrogen-bond donors (Lipinski definition) is 0. The highest BCUT2D eigenvalue weighted by atomic mass is 16.7. The van der Waals surface area contributed by atoms with Gasteiger partial charge >= 0.3 is 5.97 Å². The van der Waals surface area contributed by atoms with Crippen LogP contribution < -0.4 is 0 Å². The first-order chi connectivity index (χ1) is 5.89. The molecule has 0 spiro atoms. The molecule has 0 bridgehead atoms. The van der Waals surface area contributed by atoms with Gasteiger partial charge in [0.25, 0.3) is 0 Å². The highest BCUT2D eigenvalue weighted by Crippen LogP contribution is 2.20. The topological polar surface area (TPSA) is 29.5 Å². The Morgan fingerprint density at radius 1 is 1.46 bits per heavy atom.